The lowest BCUT2D eigenvalue weighted by Crippen LogP contribution is -2.61. The summed E-state index contributed by atoms with van der Waals surface area (Å²) in [7, 11) is 0. The maximum atomic E-state index is 12.5. The van der Waals surface area contributed by atoms with E-state index in [4.69, 9.17) is 5.73 Å². The van der Waals surface area contributed by atoms with E-state index in [0.717, 1.165) is 12.1 Å². The van der Waals surface area contributed by atoms with Crippen LogP contribution in [0.3, 0.4) is 0 Å². The van der Waals surface area contributed by atoms with Crippen molar-refractivity contribution < 1.29 is 18.0 Å². The van der Waals surface area contributed by atoms with Crippen molar-refractivity contribution in [2.45, 2.75) is 12.2 Å². The highest BCUT2D eigenvalue weighted by Crippen LogP contribution is 2.36. The first-order valence-corrected chi connectivity index (χ1v) is 5.53. The van der Waals surface area contributed by atoms with Crippen LogP contribution in [0.25, 0.3) is 0 Å². The number of nitrogens with zero attached hydrogens (tertiary/aromatic N) is 1. The molecule has 0 bridgehead atoms. The average molecular weight is 309 g/mol. The molecule has 1 aliphatic heterocycles. The Bertz CT molecular complexity index is 475. The van der Waals surface area contributed by atoms with Crippen molar-refractivity contribution in [2.24, 2.45) is 5.73 Å². The van der Waals surface area contributed by atoms with Gasteiger partial charge in [-0.1, -0.05) is 0 Å². The van der Waals surface area contributed by atoms with E-state index in [1.165, 1.54) is 11.0 Å². The van der Waals surface area contributed by atoms with Gasteiger partial charge in [-0.2, -0.15) is 13.2 Å². The Morgan fingerprint density at radius 1 is 1.41 bits per heavy atom. The minimum atomic E-state index is -4.43. The van der Waals surface area contributed by atoms with Crippen LogP contribution in [0.2, 0.25) is 0 Å². The minimum absolute atomic E-state index is 0.200. The van der Waals surface area contributed by atoms with E-state index in [2.05, 4.69) is 15.9 Å². The van der Waals surface area contributed by atoms with Crippen molar-refractivity contribution in [3.63, 3.8) is 0 Å². The van der Waals surface area contributed by atoms with E-state index in [0.29, 0.717) is 4.47 Å². The number of rotatable bonds is 1. The number of hydrogen-bond acceptors (Lipinski definition) is 2. The molecule has 1 fully saturated rings. The molecule has 92 valence electrons. The van der Waals surface area contributed by atoms with Gasteiger partial charge in [0.15, 0.2) is 0 Å². The topological polar surface area (TPSA) is 46.3 Å². The lowest BCUT2D eigenvalue weighted by Gasteiger charge is -2.36. The molecular formula is C10H8BrF3N2O. The highest BCUT2D eigenvalue weighted by atomic mass is 79.9. The zero-order chi connectivity index (χ0) is 12.8. The molecule has 1 heterocycles. The third kappa shape index (κ3) is 2.16. The fourth-order valence-corrected chi connectivity index (χ4v) is 2.03. The summed E-state index contributed by atoms with van der Waals surface area (Å²) in [6.45, 7) is 0.235. The van der Waals surface area contributed by atoms with Crippen LogP contribution in [0.4, 0.5) is 18.9 Å². The molecule has 1 aromatic rings. The Morgan fingerprint density at radius 3 is 2.53 bits per heavy atom. The third-order valence-corrected chi connectivity index (χ3v) is 3.20. The molecule has 0 aromatic heterocycles. The van der Waals surface area contributed by atoms with Crippen molar-refractivity contribution in [3.8, 4) is 0 Å². The molecular weight excluding hydrogens is 301 g/mol. The normalized spacial score (nSPS) is 20.4. The first kappa shape index (κ1) is 12.4. The predicted octanol–water partition coefficient (Wildman–Crippen LogP) is 2.14. The Kier molecular flexibility index (Phi) is 2.90. The first-order valence-electron chi connectivity index (χ1n) is 4.74. The summed E-state index contributed by atoms with van der Waals surface area (Å²) >= 11 is 3.12. The fourth-order valence-electron chi connectivity index (χ4n) is 1.57. The van der Waals surface area contributed by atoms with Gasteiger partial charge in [0.1, 0.15) is 6.04 Å². The molecule has 2 rings (SSSR count). The smallest absolute Gasteiger partial charge is 0.318 e. The molecule has 1 atom stereocenters. The molecule has 1 amide bonds. The van der Waals surface area contributed by atoms with E-state index in [1.54, 1.807) is 0 Å². The van der Waals surface area contributed by atoms with Gasteiger partial charge in [0, 0.05) is 4.47 Å². The van der Waals surface area contributed by atoms with Crippen LogP contribution in [0.5, 0.6) is 0 Å². The highest BCUT2D eigenvalue weighted by molar-refractivity contribution is 9.10. The summed E-state index contributed by atoms with van der Waals surface area (Å²) in [6, 6.07) is 2.55. The molecule has 0 aliphatic carbocycles. The number of anilines is 1. The molecule has 1 aromatic carbocycles. The molecule has 0 radical (unpaired) electrons. The van der Waals surface area contributed by atoms with Crippen LogP contribution in [0.15, 0.2) is 22.7 Å². The molecule has 1 aliphatic rings. The number of amides is 1. The molecule has 7 heteroatoms. The average Bonchev–Trinajstić information content (AvgIpc) is 2.25. The lowest BCUT2D eigenvalue weighted by molar-refractivity contribution is -0.137. The lowest BCUT2D eigenvalue weighted by atomic mass is 10.1. The van der Waals surface area contributed by atoms with Crippen molar-refractivity contribution in [2.75, 3.05) is 11.4 Å². The Labute approximate surface area is 104 Å². The standard InChI is InChI=1S/C10H8BrF3N2O/c11-6-2-1-5(10(12,13)14)3-8(6)16-4-7(15)9(16)17/h1-3,7H,4,15H2. The van der Waals surface area contributed by atoms with Crippen LogP contribution in [0, 0.1) is 0 Å². The van der Waals surface area contributed by atoms with Crippen LogP contribution in [-0.4, -0.2) is 18.5 Å². The van der Waals surface area contributed by atoms with E-state index >= 15 is 0 Å². The maximum absolute atomic E-state index is 12.5. The van der Waals surface area contributed by atoms with Gasteiger partial charge in [-0.15, -0.1) is 0 Å². The van der Waals surface area contributed by atoms with Gasteiger partial charge >= 0.3 is 6.18 Å². The number of nitrogens with two attached hydrogens (primary N) is 1. The summed E-state index contributed by atoms with van der Waals surface area (Å²) in [5.74, 6) is -0.370. The summed E-state index contributed by atoms with van der Waals surface area (Å²) in [6.07, 6.45) is -4.43. The van der Waals surface area contributed by atoms with Crippen LogP contribution in [-0.2, 0) is 11.0 Å². The number of benzene rings is 1. The van der Waals surface area contributed by atoms with Gasteiger partial charge < -0.3 is 10.6 Å². The van der Waals surface area contributed by atoms with Crippen molar-refractivity contribution in [1.29, 1.82) is 0 Å². The summed E-state index contributed by atoms with van der Waals surface area (Å²) in [5.41, 5.74) is 4.81. The number of carbonyl (C=O) groups excluding carboxylic acids is 1. The second-order valence-electron chi connectivity index (χ2n) is 3.72. The summed E-state index contributed by atoms with van der Waals surface area (Å²) in [5, 5.41) is 0. The van der Waals surface area contributed by atoms with Crippen LogP contribution in [0.1, 0.15) is 5.56 Å². The monoisotopic (exact) mass is 308 g/mol. The van der Waals surface area contributed by atoms with Gasteiger partial charge in [0.05, 0.1) is 17.8 Å². The largest absolute Gasteiger partial charge is 0.416 e. The van der Waals surface area contributed by atoms with Gasteiger partial charge in [0.25, 0.3) is 0 Å². The third-order valence-electron chi connectivity index (χ3n) is 2.53. The molecule has 0 spiro atoms. The first-order chi connectivity index (χ1) is 7.80. The fraction of sp³-hybridized carbons (Fsp3) is 0.300. The van der Waals surface area contributed by atoms with Crippen molar-refractivity contribution >= 4 is 27.5 Å². The quantitative estimate of drug-likeness (QED) is 0.808. The second kappa shape index (κ2) is 3.99. The second-order valence-corrected chi connectivity index (χ2v) is 4.57. The Hall–Kier alpha value is -1.08. The number of β-lactam (4-membered cyclic amide) rings is 1. The minimum Gasteiger partial charge on any atom is -0.318 e. The molecule has 3 nitrogen and oxygen atoms in total. The van der Waals surface area contributed by atoms with Crippen molar-refractivity contribution in [3.05, 3.63) is 28.2 Å². The maximum Gasteiger partial charge on any atom is 0.416 e. The van der Waals surface area contributed by atoms with E-state index in [-0.39, 0.29) is 18.1 Å². The Morgan fingerprint density at radius 2 is 2.06 bits per heavy atom. The molecule has 1 unspecified atom stereocenters. The number of hydrogen-bond donors (Lipinski definition) is 1. The molecule has 1 saturated heterocycles. The summed E-state index contributed by atoms with van der Waals surface area (Å²) < 4.78 is 38.0. The molecule has 2 N–H and O–H groups in total. The van der Waals surface area contributed by atoms with E-state index in [1.807, 2.05) is 0 Å². The van der Waals surface area contributed by atoms with Gasteiger partial charge in [0.2, 0.25) is 5.91 Å². The SMILES string of the molecule is NC1CN(c2cc(C(F)(F)F)ccc2Br)C1=O. The van der Waals surface area contributed by atoms with Gasteiger partial charge in [-0.25, -0.2) is 0 Å². The zero-order valence-corrected chi connectivity index (χ0v) is 10.0. The zero-order valence-electron chi connectivity index (χ0n) is 8.46. The summed E-state index contributed by atoms with van der Waals surface area (Å²) in [4.78, 5) is 12.6. The van der Waals surface area contributed by atoms with E-state index < -0.39 is 17.8 Å². The molecule has 0 saturated carbocycles. The number of alkyl halides is 3. The number of carbonyl (C=O) groups is 1. The Balaban J connectivity index is 2.37. The van der Waals surface area contributed by atoms with Crippen LogP contribution < -0.4 is 10.6 Å². The van der Waals surface area contributed by atoms with Crippen molar-refractivity contribution in [1.82, 2.24) is 0 Å². The predicted molar refractivity (Wildman–Crippen MR) is 59.5 cm³/mol. The highest BCUT2D eigenvalue weighted by Gasteiger charge is 2.37. The molecule has 17 heavy (non-hydrogen) atoms. The number of halogens is 4. The van der Waals surface area contributed by atoms with Gasteiger partial charge in [-0.3, -0.25) is 4.79 Å². The van der Waals surface area contributed by atoms with Gasteiger partial charge in [-0.05, 0) is 34.1 Å². The van der Waals surface area contributed by atoms with E-state index in [9.17, 15) is 18.0 Å². The van der Waals surface area contributed by atoms with Crippen LogP contribution >= 0.6 is 15.9 Å².